The van der Waals surface area contributed by atoms with Crippen LogP contribution in [0.15, 0.2) is 36.4 Å². The van der Waals surface area contributed by atoms with Gasteiger partial charge in [-0.3, -0.25) is 38.6 Å². The van der Waals surface area contributed by atoms with Crippen molar-refractivity contribution in [3.63, 3.8) is 0 Å². The molecule has 4 aliphatic rings. The molecule has 2 bridgehead atoms. The molecule has 374 valence electrons. The van der Waals surface area contributed by atoms with E-state index in [-0.39, 0.29) is 72.4 Å². The van der Waals surface area contributed by atoms with Crippen LogP contribution in [-0.2, 0) is 44.7 Å². The maximum atomic E-state index is 14.4. The minimum atomic E-state index is -0.734. The number of anilines is 1. The Morgan fingerprint density at radius 3 is 2.28 bits per heavy atom. The van der Waals surface area contributed by atoms with Gasteiger partial charge in [0, 0.05) is 64.8 Å². The molecule has 3 fully saturated rings. The molecule has 67 heavy (non-hydrogen) atoms. The molecule has 5 rings (SSSR count). The minimum Gasteiger partial charge on any atom is -0.394 e. The van der Waals surface area contributed by atoms with E-state index in [0.29, 0.717) is 37.9 Å². The number of likely N-dealkylation sites (tertiary alicyclic amines) is 2. The average molecular weight is 936 g/mol. The molecule has 3 aliphatic heterocycles. The number of ether oxygens (including phenoxy) is 2. The van der Waals surface area contributed by atoms with Gasteiger partial charge in [-0.1, -0.05) is 66.0 Å². The van der Waals surface area contributed by atoms with Crippen LogP contribution < -0.4 is 16.0 Å². The summed E-state index contributed by atoms with van der Waals surface area (Å²) in [5.41, 5.74) is 1.88. The lowest BCUT2D eigenvalue weighted by Crippen LogP contribution is -2.60. The molecular weight excluding hydrogens is 855 g/mol. The van der Waals surface area contributed by atoms with E-state index < -0.39 is 36.3 Å². The molecule has 3 heterocycles. The van der Waals surface area contributed by atoms with Gasteiger partial charge < -0.3 is 40.3 Å². The highest BCUT2D eigenvalue weighted by atomic mass is 16.5. The highest BCUT2D eigenvalue weighted by molar-refractivity contribution is 6.12. The lowest BCUT2D eigenvalue weighted by Gasteiger charge is -2.41. The van der Waals surface area contributed by atoms with Crippen molar-refractivity contribution in [2.75, 3.05) is 59.9 Å². The quantitative estimate of drug-likeness (QED) is 0.0733. The molecular formula is C51H81N7O9. The molecule has 6 amide bonds. The van der Waals surface area contributed by atoms with Crippen molar-refractivity contribution in [2.24, 2.45) is 23.7 Å². The number of hydrogen-bond donors (Lipinski definition) is 4. The summed E-state index contributed by atoms with van der Waals surface area (Å²) in [6, 6.07) is 5.98. The lowest BCUT2D eigenvalue weighted by molar-refractivity contribution is -0.148. The predicted octanol–water partition coefficient (Wildman–Crippen LogP) is 4.15. The van der Waals surface area contributed by atoms with Crippen LogP contribution in [0.25, 0.3) is 0 Å². The smallest absolute Gasteiger partial charge is 0.253 e. The number of carbonyl (C=O) groups excluding carboxylic acids is 6. The topological polar surface area (TPSA) is 190 Å². The molecule has 0 spiro atoms. The van der Waals surface area contributed by atoms with Gasteiger partial charge in [-0.25, -0.2) is 0 Å². The van der Waals surface area contributed by atoms with Crippen molar-refractivity contribution in [2.45, 2.75) is 160 Å². The molecule has 11 atom stereocenters. The van der Waals surface area contributed by atoms with Crippen molar-refractivity contribution in [3.05, 3.63) is 42.0 Å². The Bertz CT molecular complexity index is 1860. The summed E-state index contributed by atoms with van der Waals surface area (Å²) in [5.74, 6) is -1.73. The summed E-state index contributed by atoms with van der Waals surface area (Å²) in [6.45, 7) is 11.2. The number of amides is 6. The molecule has 1 saturated carbocycles. The second kappa shape index (κ2) is 25.3. The highest BCUT2D eigenvalue weighted by Crippen LogP contribution is 2.41. The second-order valence-electron chi connectivity index (χ2n) is 20.0. The predicted molar refractivity (Wildman–Crippen MR) is 258 cm³/mol. The Kier molecular flexibility index (Phi) is 20.2. The molecule has 0 aromatic heterocycles. The van der Waals surface area contributed by atoms with Gasteiger partial charge in [-0.05, 0) is 93.9 Å². The first-order valence-electron chi connectivity index (χ1n) is 25.0. The van der Waals surface area contributed by atoms with Crippen molar-refractivity contribution in [3.8, 4) is 0 Å². The van der Waals surface area contributed by atoms with Crippen LogP contribution in [0.3, 0.4) is 0 Å². The monoisotopic (exact) mass is 936 g/mol. The summed E-state index contributed by atoms with van der Waals surface area (Å²) >= 11 is 0. The van der Waals surface area contributed by atoms with Crippen LogP contribution in [0, 0.1) is 23.7 Å². The van der Waals surface area contributed by atoms with E-state index >= 15 is 0 Å². The van der Waals surface area contributed by atoms with E-state index in [4.69, 9.17) is 9.47 Å². The number of unbranched alkanes of at least 4 members (excludes halogenated alkanes) is 3. The number of fused-ring (bicyclic) bond motifs is 2. The number of nitrogens with one attached hydrogen (secondary N) is 3. The van der Waals surface area contributed by atoms with E-state index in [2.05, 4.69) is 34.7 Å². The zero-order chi connectivity index (χ0) is 48.9. The molecule has 0 radical (unpaired) electrons. The third-order valence-corrected chi connectivity index (χ3v) is 15.2. The number of carbonyl (C=O) groups is 6. The van der Waals surface area contributed by atoms with E-state index in [0.717, 1.165) is 75.6 Å². The Hall–Kier alpha value is -4.38. The van der Waals surface area contributed by atoms with Crippen molar-refractivity contribution < 1.29 is 43.3 Å². The number of rotatable bonds is 27. The molecule has 1 aromatic carbocycles. The van der Waals surface area contributed by atoms with Gasteiger partial charge >= 0.3 is 0 Å². The van der Waals surface area contributed by atoms with E-state index in [1.807, 2.05) is 45.2 Å². The minimum absolute atomic E-state index is 0.0229. The molecule has 0 unspecified atom stereocenters. The van der Waals surface area contributed by atoms with Crippen LogP contribution in [-0.4, -0.2) is 163 Å². The standard InChI is InChI=1S/C51H81N7O9/c1-10-33(4)46(56(7)51(65)45(32(2)3)54-50(64)47-36-20-21-39(29-36)55(47)6)41(66-8)30-44(62)57-26-16-19-40(57)48(67-9)34(5)49(63)53-38(31-59)28-35-17-15-18-37(27-35)52-24-13-11-12-14-25-58-42(60)22-23-43(58)61/h15,17-18,22-23,27,32-34,36,38-41,45-48,52,59H,10-14,16,19-21,24-26,28-31H2,1-9H3,(H,53,63)(H,54,64)/t33-,34+,36-,38-,39+,40-,41+,45-,46-,47-,48+/m0/s1. The number of hydrogen-bond acceptors (Lipinski definition) is 11. The molecule has 1 aromatic rings. The first kappa shape index (κ1) is 53.6. The Morgan fingerprint density at radius 2 is 1.66 bits per heavy atom. The average Bonchev–Trinajstić information content (AvgIpc) is 4.13. The number of aliphatic hydroxyl groups is 1. The molecule has 16 nitrogen and oxygen atoms in total. The van der Waals surface area contributed by atoms with Gasteiger partial charge in [0.15, 0.2) is 0 Å². The van der Waals surface area contributed by atoms with Gasteiger partial charge in [0.25, 0.3) is 11.8 Å². The van der Waals surface area contributed by atoms with Crippen LogP contribution in [0.4, 0.5) is 5.69 Å². The Balaban J connectivity index is 1.14. The molecule has 16 heteroatoms. The van der Waals surface area contributed by atoms with Crippen LogP contribution in [0.5, 0.6) is 0 Å². The molecule has 1 aliphatic carbocycles. The second-order valence-corrected chi connectivity index (χ2v) is 20.0. The Labute approximate surface area is 399 Å². The van der Waals surface area contributed by atoms with Crippen LogP contribution in [0.1, 0.15) is 111 Å². The van der Waals surface area contributed by atoms with Crippen molar-refractivity contribution in [1.29, 1.82) is 0 Å². The summed E-state index contributed by atoms with van der Waals surface area (Å²) in [7, 11) is 6.90. The van der Waals surface area contributed by atoms with E-state index in [9.17, 15) is 33.9 Å². The fourth-order valence-corrected chi connectivity index (χ4v) is 11.1. The number of nitrogens with zero attached hydrogens (tertiary/aromatic N) is 4. The van der Waals surface area contributed by atoms with Gasteiger partial charge in [0.1, 0.15) is 6.04 Å². The number of methoxy groups -OCH3 is 2. The number of benzene rings is 1. The lowest BCUT2D eigenvalue weighted by atomic mass is 9.89. The van der Waals surface area contributed by atoms with Crippen LogP contribution in [0.2, 0.25) is 0 Å². The zero-order valence-corrected chi connectivity index (χ0v) is 41.7. The fraction of sp³-hybridized carbons (Fsp3) is 0.725. The number of imide groups is 1. The largest absolute Gasteiger partial charge is 0.394 e. The van der Waals surface area contributed by atoms with Gasteiger partial charge in [0.2, 0.25) is 23.6 Å². The zero-order valence-electron chi connectivity index (χ0n) is 41.7. The third kappa shape index (κ3) is 13.4. The Morgan fingerprint density at radius 1 is 0.940 bits per heavy atom. The first-order valence-corrected chi connectivity index (χ1v) is 25.0. The molecule has 2 saturated heterocycles. The van der Waals surface area contributed by atoms with Crippen molar-refractivity contribution >= 4 is 41.1 Å². The first-order chi connectivity index (χ1) is 32.0. The van der Waals surface area contributed by atoms with Crippen molar-refractivity contribution in [1.82, 2.24) is 30.2 Å². The summed E-state index contributed by atoms with van der Waals surface area (Å²) < 4.78 is 12.1. The maximum Gasteiger partial charge on any atom is 0.253 e. The van der Waals surface area contributed by atoms with E-state index in [1.165, 1.54) is 17.1 Å². The van der Waals surface area contributed by atoms with E-state index in [1.54, 1.807) is 38.0 Å². The third-order valence-electron chi connectivity index (χ3n) is 15.2. The van der Waals surface area contributed by atoms with Gasteiger partial charge in [-0.15, -0.1) is 0 Å². The number of piperidine rings is 1. The van der Waals surface area contributed by atoms with Crippen LogP contribution >= 0.6 is 0 Å². The van der Waals surface area contributed by atoms with Gasteiger partial charge in [-0.2, -0.15) is 0 Å². The number of likely N-dealkylation sites (N-methyl/N-ethyl adjacent to an activating group) is 2. The summed E-state index contributed by atoms with van der Waals surface area (Å²) in [5, 5.41) is 20.0. The van der Waals surface area contributed by atoms with Gasteiger partial charge in [0.05, 0.1) is 55.3 Å². The fourth-order valence-electron chi connectivity index (χ4n) is 11.1. The summed E-state index contributed by atoms with van der Waals surface area (Å²) in [4.78, 5) is 86.8. The normalized spacial score (nSPS) is 23.6. The maximum absolute atomic E-state index is 14.4. The summed E-state index contributed by atoms with van der Waals surface area (Å²) in [6.07, 6.45) is 10.7. The molecule has 4 N–H and O–H groups in total. The highest BCUT2D eigenvalue weighted by Gasteiger charge is 2.49. The number of aliphatic hydroxyl groups excluding tert-OH is 1. The SMILES string of the molecule is CC[C@H](C)[C@@H]([C@@H](CC(=O)N1CCC[C@H]1[C@H](OC)[C@@H](C)C(=O)N[C@H](CO)Cc1cccc(NCCCCCCN2C(=O)C=CC2=O)c1)OC)N(C)C(=O)[C@@H](NC(=O)[C@@H]1[C@H]2CC[C@H](C2)N1C)C(C)C.